The summed E-state index contributed by atoms with van der Waals surface area (Å²) < 4.78 is 5.53. The van der Waals surface area contributed by atoms with Gasteiger partial charge in [0.2, 0.25) is 5.91 Å². The maximum atomic E-state index is 12.5. The maximum Gasteiger partial charge on any atom is 0.305 e. The van der Waals surface area contributed by atoms with Crippen LogP contribution in [-0.2, 0) is 16.0 Å². The topological polar surface area (TPSA) is 66.8 Å². The Hall–Kier alpha value is -1.75. The van der Waals surface area contributed by atoms with Gasteiger partial charge in [0.25, 0.3) is 0 Å². The number of carboxylic acids is 1. The number of hydrogen-bond acceptors (Lipinski definition) is 3. The molecule has 0 aliphatic carbocycles. The van der Waals surface area contributed by atoms with Crippen LogP contribution in [0.5, 0.6) is 5.75 Å². The van der Waals surface area contributed by atoms with E-state index in [2.05, 4.69) is 0 Å². The van der Waals surface area contributed by atoms with Gasteiger partial charge in [-0.15, -0.1) is 0 Å². The number of hydrogen-bond donors (Lipinski definition) is 1. The van der Waals surface area contributed by atoms with Gasteiger partial charge in [0.1, 0.15) is 5.75 Å². The molecular formula is C16H20ClNO4. The fourth-order valence-electron chi connectivity index (χ4n) is 2.84. The summed E-state index contributed by atoms with van der Waals surface area (Å²) in [6, 6.07) is 5.12. The number of likely N-dealkylation sites (tertiary alicyclic amines) is 1. The minimum Gasteiger partial charge on any atom is -0.492 e. The van der Waals surface area contributed by atoms with Gasteiger partial charge in [0, 0.05) is 18.2 Å². The van der Waals surface area contributed by atoms with E-state index >= 15 is 0 Å². The third-order valence-electron chi connectivity index (χ3n) is 3.79. The third-order valence-corrected chi connectivity index (χ3v) is 4.08. The molecule has 0 saturated carbocycles. The van der Waals surface area contributed by atoms with Crippen molar-refractivity contribution in [2.45, 2.75) is 38.6 Å². The molecule has 0 bridgehead atoms. The van der Waals surface area contributed by atoms with E-state index in [-0.39, 0.29) is 24.8 Å². The predicted molar refractivity (Wildman–Crippen MR) is 83.3 cm³/mol. The summed E-state index contributed by atoms with van der Waals surface area (Å²) in [6.07, 6.45) is 1.76. The predicted octanol–water partition coefficient (Wildman–Crippen LogP) is 2.75. The zero-order chi connectivity index (χ0) is 16.1. The van der Waals surface area contributed by atoms with Gasteiger partial charge >= 0.3 is 5.97 Å². The first-order chi connectivity index (χ1) is 10.5. The standard InChI is InChI=1S/C16H20ClNO4/c1-2-22-16-11(5-3-7-13(16)17)9-14(19)18-8-4-6-12(18)10-15(20)21/h3,5,7,12H,2,4,6,8-10H2,1H3,(H,20,21). The van der Waals surface area contributed by atoms with E-state index in [1.165, 1.54) is 0 Å². The number of halogens is 1. The van der Waals surface area contributed by atoms with Gasteiger partial charge in [-0.1, -0.05) is 23.7 Å². The molecule has 1 aromatic rings. The quantitative estimate of drug-likeness (QED) is 0.873. The molecule has 0 radical (unpaired) electrons. The van der Waals surface area contributed by atoms with Crippen molar-refractivity contribution in [3.05, 3.63) is 28.8 Å². The van der Waals surface area contributed by atoms with Gasteiger partial charge in [-0.05, 0) is 25.8 Å². The number of nitrogens with zero attached hydrogens (tertiary/aromatic N) is 1. The maximum absolute atomic E-state index is 12.5. The Morgan fingerprint density at radius 3 is 2.91 bits per heavy atom. The van der Waals surface area contributed by atoms with Gasteiger partial charge < -0.3 is 14.7 Å². The van der Waals surface area contributed by atoms with Gasteiger partial charge in [-0.3, -0.25) is 9.59 Å². The second-order valence-corrected chi connectivity index (χ2v) is 5.73. The number of amides is 1. The van der Waals surface area contributed by atoms with Crippen LogP contribution in [-0.4, -0.2) is 41.1 Å². The van der Waals surface area contributed by atoms with E-state index in [4.69, 9.17) is 21.4 Å². The van der Waals surface area contributed by atoms with E-state index < -0.39 is 5.97 Å². The zero-order valence-corrected chi connectivity index (χ0v) is 13.3. The first kappa shape index (κ1) is 16.6. The lowest BCUT2D eigenvalue weighted by Gasteiger charge is -2.24. The highest BCUT2D eigenvalue weighted by molar-refractivity contribution is 6.32. The Morgan fingerprint density at radius 2 is 2.23 bits per heavy atom. The summed E-state index contributed by atoms with van der Waals surface area (Å²) in [4.78, 5) is 25.1. The van der Waals surface area contributed by atoms with Gasteiger partial charge in [-0.2, -0.15) is 0 Å². The smallest absolute Gasteiger partial charge is 0.305 e. The Morgan fingerprint density at radius 1 is 1.45 bits per heavy atom. The van der Waals surface area contributed by atoms with Crippen LogP contribution in [0.15, 0.2) is 18.2 Å². The molecule has 0 spiro atoms. The summed E-state index contributed by atoms with van der Waals surface area (Å²) in [5.41, 5.74) is 0.736. The van der Waals surface area contributed by atoms with Crippen LogP contribution in [0.4, 0.5) is 0 Å². The molecule has 5 nitrogen and oxygen atoms in total. The lowest BCUT2D eigenvalue weighted by Crippen LogP contribution is -2.37. The molecule has 1 aliphatic rings. The average molecular weight is 326 g/mol. The number of para-hydroxylation sites is 1. The van der Waals surface area contributed by atoms with Crippen molar-refractivity contribution in [3.63, 3.8) is 0 Å². The second-order valence-electron chi connectivity index (χ2n) is 5.32. The van der Waals surface area contributed by atoms with Crippen LogP contribution in [0.2, 0.25) is 5.02 Å². The van der Waals surface area contributed by atoms with Crippen LogP contribution < -0.4 is 4.74 Å². The first-order valence-electron chi connectivity index (χ1n) is 7.44. The zero-order valence-electron chi connectivity index (χ0n) is 12.5. The molecule has 1 heterocycles. The lowest BCUT2D eigenvalue weighted by molar-refractivity contribution is -0.139. The first-order valence-corrected chi connectivity index (χ1v) is 7.82. The summed E-state index contributed by atoms with van der Waals surface area (Å²) in [6.45, 7) is 2.94. The number of carbonyl (C=O) groups excluding carboxylic acids is 1. The van der Waals surface area contributed by atoms with Crippen molar-refractivity contribution in [2.24, 2.45) is 0 Å². The van der Waals surface area contributed by atoms with Gasteiger partial charge in [0.15, 0.2) is 0 Å². The van der Waals surface area contributed by atoms with Gasteiger partial charge in [0.05, 0.1) is 24.5 Å². The second kappa shape index (κ2) is 7.49. The fraction of sp³-hybridized carbons (Fsp3) is 0.500. The van der Waals surface area contributed by atoms with Crippen LogP contribution >= 0.6 is 11.6 Å². The number of benzene rings is 1. The molecule has 120 valence electrons. The van der Waals surface area contributed by atoms with Gasteiger partial charge in [-0.25, -0.2) is 0 Å². The van der Waals surface area contributed by atoms with Crippen molar-refractivity contribution in [2.75, 3.05) is 13.2 Å². The highest BCUT2D eigenvalue weighted by atomic mass is 35.5. The Bertz CT molecular complexity index is 561. The largest absolute Gasteiger partial charge is 0.492 e. The molecule has 6 heteroatoms. The molecule has 1 aromatic carbocycles. The van der Waals surface area contributed by atoms with Crippen LogP contribution in [0.3, 0.4) is 0 Å². The normalized spacial score (nSPS) is 17.5. The van der Waals surface area contributed by atoms with Crippen LogP contribution in [0.25, 0.3) is 0 Å². The number of carboxylic acid groups (broad SMARTS) is 1. The van der Waals surface area contributed by atoms with Crippen molar-refractivity contribution >= 4 is 23.5 Å². The molecule has 1 unspecified atom stereocenters. The number of rotatable bonds is 6. The third kappa shape index (κ3) is 3.91. The molecule has 1 amide bonds. The molecule has 1 saturated heterocycles. The van der Waals surface area contributed by atoms with E-state index in [1.807, 2.05) is 13.0 Å². The average Bonchev–Trinajstić information content (AvgIpc) is 2.90. The van der Waals surface area contributed by atoms with E-state index in [0.717, 1.165) is 18.4 Å². The van der Waals surface area contributed by atoms with Crippen LogP contribution in [0.1, 0.15) is 31.7 Å². The van der Waals surface area contributed by atoms with Crippen LogP contribution in [0, 0.1) is 0 Å². The molecule has 22 heavy (non-hydrogen) atoms. The van der Waals surface area contributed by atoms with Crippen molar-refractivity contribution in [3.8, 4) is 5.75 Å². The number of carbonyl (C=O) groups is 2. The number of ether oxygens (including phenoxy) is 1. The highest BCUT2D eigenvalue weighted by Gasteiger charge is 2.30. The van der Waals surface area contributed by atoms with Crippen molar-refractivity contribution in [1.82, 2.24) is 4.90 Å². The SMILES string of the molecule is CCOc1c(Cl)cccc1CC(=O)N1CCCC1CC(=O)O. The molecule has 1 N–H and O–H groups in total. The monoisotopic (exact) mass is 325 g/mol. The van der Waals surface area contributed by atoms with E-state index in [9.17, 15) is 9.59 Å². The summed E-state index contributed by atoms with van der Waals surface area (Å²) >= 11 is 6.12. The molecule has 1 fully saturated rings. The molecule has 0 aromatic heterocycles. The Balaban J connectivity index is 2.11. The summed E-state index contributed by atoms with van der Waals surface area (Å²) in [5.74, 6) is -0.413. The summed E-state index contributed by atoms with van der Waals surface area (Å²) in [7, 11) is 0. The molecule has 1 aliphatic heterocycles. The van der Waals surface area contributed by atoms with Crippen molar-refractivity contribution in [1.29, 1.82) is 0 Å². The molecule has 1 atom stereocenters. The minimum absolute atomic E-state index is 0.000394. The Labute approximate surface area is 134 Å². The Kier molecular flexibility index (Phi) is 5.66. The highest BCUT2D eigenvalue weighted by Crippen LogP contribution is 2.30. The minimum atomic E-state index is -0.873. The molecular weight excluding hydrogens is 306 g/mol. The van der Waals surface area contributed by atoms with E-state index in [1.54, 1.807) is 17.0 Å². The van der Waals surface area contributed by atoms with E-state index in [0.29, 0.717) is 23.9 Å². The van der Waals surface area contributed by atoms with Crippen molar-refractivity contribution < 1.29 is 19.4 Å². The lowest BCUT2D eigenvalue weighted by atomic mass is 10.1. The fourth-order valence-corrected chi connectivity index (χ4v) is 3.09. The molecule has 2 rings (SSSR count). The summed E-state index contributed by atoms with van der Waals surface area (Å²) in [5, 5.41) is 9.42. The number of aliphatic carboxylic acids is 1.